The lowest BCUT2D eigenvalue weighted by Crippen LogP contribution is -2.43. The van der Waals surface area contributed by atoms with Crippen LogP contribution in [0.2, 0.25) is 0 Å². The average molecular weight is 408 g/mol. The topological polar surface area (TPSA) is 20.3 Å². The molecule has 0 radical (unpaired) electrons. The Balaban J connectivity index is 1.67. The van der Waals surface area contributed by atoms with Gasteiger partial charge in [-0.05, 0) is 46.5 Å². The van der Waals surface area contributed by atoms with Gasteiger partial charge in [0.05, 0.1) is 11.4 Å². The van der Waals surface area contributed by atoms with Gasteiger partial charge in [0.1, 0.15) is 4.87 Å². The van der Waals surface area contributed by atoms with Crippen LogP contribution in [0.15, 0.2) is 91.0 Å². The van der Waals surface area contributed by atoms with Gasteiger partial charge in [0.15, 0.2) is 0 Å². The van der Waals surface area contributed by atoms with Crippen molar-refractivity contribution < 1.29 is 4.79 Å². The number of hydrogen-bond donors (Lipinski definition) is 0. The fourth-order valence-electron chi connectivity index (χ4n) is 5.12. The van der Waals surface area contributed by atoms with E-state index in [0.29, 0.717) is 5.75 Å². The Hall–Kier alpha value is -3.04. The van der Waals surface area contributed by atoms with Crippen molar-refractivity contribution in [1.29, 1.82) is 0 Å². The first kappa shape index (κ1) is 17.8. The standard InChI is InChI=1S/C27H21NOS/c29-25-18-30-27(21-9-3-1-4-10-21,22-11-5-2-6-12-22)28(25)24-17-16-20-15-14-19-8-7-13-23(24)26(19)20/h1-13,16-17H,14-15,18H2. The molecule has 1 aliphatic carbocycles. The number of aryl methyl sites for hydroxylation is 2. The van der Waals surface area contributed by atoms with E-state index in [2.05, 4.69) is 83.8 Å². The first-order valence-electron chi connectivity index (χ1n) is 10.4. The maximum absolute atomic E-state index is 13.5. The Labute approximate surface area is 180 Å². The molecule has 6 rings (SSSR count). The van der Waals surface area contributed by atoms with Gasteiger partial charge in [-0.3, -0.25) is 9.69 Å². The van der Waals surface area contributed by atoms with Crippen molar-refractivity contribution in [2.24, 2.45) is 0 Å². The van der Waals surface area contributed by atoms with Gasteiger partial charge in [0, 0.05) is 5.39 Å². The van der Waals surface area contributed by atoms with E-state index in [4.69, 9.17) is 0 Å². The van der Waals surface area contributed by atoms with Crippen LogP contribution in [-0.4, -0.2) is 11.7 Å². The molecule has 146 valence electrons. The number of carbonyl (C=O) groups is 1. The molecule has 0 aromatic heterocycles. The molecule has 1 aliphatic heterocycles. The summed E-state index contributed by atoms with van der Waals surface area (Å²) in [6.07, 6.45) is 2.17. The van der Waals surface area contributed by atoms with Crippen LogP contribution in [0.4, 0.5) is 5.69 Å². The molecule has 4 aromatic rings. The summed E-state index contributed by atoms with van der Waals surface area (Å²) in [6, 6.07) is 31.8. The van der Waals surface area contributed by atoms with E-state index in [-0.39, 0.29) is 5.91 Å². The number of thioether (sulfide) groups is 1. The number of carbonyl (C=O) groups excluding carboxylic acids is 1. The van der Waals surface area contributed by atoms with Crippen LogP contribution < -0.4 is 4.90 Å². The molecule has 0 spiro atoms. The van der Waals surface area contributed by atoms with Crippen LogP contribution in [-0.2, 0) is 22.5 Å². The first-order chi connectivity index (χ1) is 14.8. The molecule has 2 nitrogen and oxygen atoms in total. The highest BCUT2D eigenvalue weighted by molar-refractivity contribution is 8.01. The largest absolute Gasteiger partial charge is 0.287 e. The smallest absolute Gasteiger partial charge is 0.238 e. The van der Waals surface area contributed by atoms with Gasteiger partial charge in [-0.1, -0.05) is 84.9 Å². The minimum absolute atomic E-state index is 0.159. The molecule has 0 bridgehead atoms. The minimum atomic E-state index is -0.571. The van der Waals surface area contributed by atoms with Gasteiger partial charge in [0.25, 0.3) is 0 Å². The van der Waals surface area contributed by atoms with E-state index >= 15 is 0 Å². The molecule has 1 fully saturated rings. The van der Waals surface area contributed by atoms with Gasteiger partial charge in [0.2, 0.25) is 5.91 Å². The third-order valence-corrected chi connectivity index (χ3v) is 7.86. The molecule has 1 amide bonds. The zero-order valence-corrected chi connectivity index (χ0v) is 17.4. The molecule has 30 heavy (non-hydrogen) atoms. The lowest BCUT2D eigenvalue weighted by molar-refractivity contribution is -0.116. The van der Waals surface area contributed by atoms with Gasteiger partial charge >= 0.3 is 0 Å². The molecule has 2 aliphatic rings. The second kappa shape index (κ2) is 6.75. The average Bonchev–Trinajstić information content (AvgIpc) is 3.39. The van der Waals surface area contributed by atoms with Crippen molar-refractivity contribution in [1.82, 2.24) is 0 Å². The maximum Gasteiger partial charge on any atom is 0.238 e. The molecule has 0 N–H and O–H groups in total. The van der Waals surface area contributed by atoms with Gasteiger partial charge < -0.3 is 0 Å². The molecule has 1 saturated heterocycles. The fraction of sp³-hybridized carbons (Fsp3) is 0.148. The fourth-order valence-corrected chi connectivity index (χ4v) is 6.52. The molecular weight excluding hydrogens is 386 g/mol. The molecular formula is C27H21NOS. The summed E-state index contributed by atoms with van der Waals surface area (Å²) in [5, 5.41) is 2.53. The summed E-state index contributed by atoms with van der Waals surface area (Å²) >= 11 is 1.72. The summed E-state index contributed by atoms with van der Waals surface area (Å²) < 4.78 is 0. The molecule has 0 saturated carbocycles. The summed E-state index contributed by atoms with van der Waals surface area (Å²) in [5.41, 5.74) is 6.08. The lowest BCUT2D eigenvalue weighted by atomic mass is 9.94. The molecule has 0 unspecified atom stereocenters. The predicted molar refractivity (Wildman–Crippen MR) is 125 cm³/mol. The third-order valence-electron chi connectivity index (χ3n) is 6.39. The van der Waals surface area contributed by atoms with Crippen molar-refractivity contribution in [3.05, 3.63) is 113 Å². The van der Waals surface area contributed by atoms with Crippen LogP contribution in [0, 0.1) is 0 Å². The highest BCUT2D eigenvalue weighted by Crippen LogP contribution is 2.53. The quantitative estimate of drug-likeness (QED) is 0.420. The highest BCUT2D eigenvalue weighted by Gasteiger charge is 2.50. The highest BCUT2D eigenvalue weighted by atomic mass is 32.2. The van der Waals surface area contributed by atoms with Crippen molar-refractivity contribution in [3.63, 3.8) is 0 Å². The Morgan fingerprint density at radius 1 is 0.700 bits per heavy atom. The second-order valence-electron chi connectivity index (χ2n) is 7.98. The normalized spacial score (nSPS) is 17.1. The number of benzene rings is 4. The Morgan fingerprint density at radius 2 is 1.33 bits per heavy atom. The second-order valence-corrected chi connectivity index (χ2v) is 9.15. The van der Waals surface area contributed by atoms with E-state index in [1.165, 1.54) is 21.9 Å². The van der Waals surface area contributed by atoms with Crippen LogP contribution in [0.3, 0.4) is 0 Å². The summed E-state index contributed by atoms with van der Waals surface area (Å²) in [5.74, 6) is 0.624. The van der Waals surface area contributed by atoms with Crippen LogP contribution >= 0.6 is 11.8 Å². The summed E-state index contributed by atoms with van der Waals surface area (Å²) in [4.78, 5) is 15.0. The number of nitrogens with zero attached hydrogens (tertiary/aromatic N) is 1. The predicted octanol–water partition coefficient (Wildman–Crippen LogP) is 5.92. The van der Waals surface area contributed by atoms with Gasteiger partial charge in [-0.25, -0.2) is 0 Å². The molecule has 4 aromatic carbocycles. The lowest BCUT2D eigenvalue weighted by Gasteiger charge is -2.39. The van der Waals surface area contributed by atoms with E-state index < -0.39 is 4.87 Å². The van der Waals surface area contributed by atoms with Crippen molar-refractivity contribution in [2.75, 3.05) is 10.7 Å². The monoisotopic (exact) mass is 407 g/mol. The number of rotatable bonds is 3. The van der Waals surface area contributed by atoms with Crippen LogP contribution in [0.5, 0.6) is 0 Å². The SMILES string of the molecule is O=C1CSC(c2ccccc2)(c2ccccc2)N1c1ccc2c3c(cccc13)CC2. The van der Waals surface area contributed by atoms with E-state index in [1.54, 1.807) is 11.8 Å². The van der Waals surface area contributed by atoms with Gasteiger partial charge in [-0.15, -0.1) is 11.8 Å². The minimum Gasteiger partial charge on any atom is -0.287 e. The van der Waals surface area contributed by atoms with E-state index in [0.717, 1.165) is 29.7 Å². The van der Waals surface area contributed by atoms with Crippen molar-refractivity contribution in [2.45, 2.75) is 17.7 Å². The number of hydrogen-bond acceptors (Lipinski definition) is 2. The summed E-state index contributed by atoms with van der Waals surface area (Å²) in [7, 11) is 0. The third kappa shape index (κ3) is 2.42. The number of amides is 1. The Morgan fingerprint density at radius 3 is 2.00 bits per heavy atom. The van der Waals surface area contributed by atoms with E-state index in [9.17, 15) is 4.79 Å². The van der Waals surface area contributed by atoms with Gasteiger partial charge in [-0.2, -0.15) is 0 Å². The zero-order chi connectivity index (χ0) is 20.1. The van der Waals surface area contributed by atoms with E-state index in [1.807, 2.05) is 12.1 Å². The van der Waals surface area contributed by atoms with Crippen LogP contribution in [0.1, 0.15) is 22.3 Å². The Kier molecular flexibility index (Phi) is 4.00. The zero-order valence-electron chi connectivity index (χ0n) is 16.5. The van der Waals surface area contributed by atoms with Crippen LogP contribution in [0.25, 0.3) is 10.8 Å². The summed E-state index contributed by atoms with van der Waals surface area (Å²) in [6.45, 7) is 0. The number of anilines is 1. The van der Waals surface area contributed by atoms with Crippen molar-refractivity contribution in [3.8, 4) is 0 Å². The van der Waals surface area contributed by atoms with Crippen molar-refractivity contribution >= 4 is 34.1 Å². The first-order valence-corrected chi connectivity index (χ1v) is 11.4. The molecule has 3 heteroatoms. The maximum atomic E-state index is 13.5. The molecule has 1 heterocycles. The molecule has 0 atom stereocenters. The Bertz CT molecular complexity index is 1220.